The minimum Gasteiger partial charge on any atom is -0.344 e. The van der Waals surface area contributed by atoms with Crippen LogP contribution in [0.2, 0.25) is 0 Å². The van der Waals surface area contributed by atoms with E-state index < -0.39 is 0 Å². The van der Waals surface area contributed by atoms with Crippen molar-refractivity contribution < 1.29 is 0 Å². The minimum absolute atomic E-state index is 0.162. The summed E-state index contributed by atoms with van der Waals surface area (Å²) in [5.41, 5.74) is 2.20. The van der Waals surface area contributed by atoms with Crippen LogP contribution in [0.4, 0.5) is 0 Å². The molecule has 0 aromatic carbocycles. The summed E-state index contributed by atoms with van der Waals surface area (Å²) in [5, 5.41) is 3.30. The molecule has 0 aliphatic carbocycles. The van der Waals surface area contributed by atoms with Gasteiger partial charge in [0.05, 0.1) is 11.4 Å². The van der Waals surface area contributed by atoms with E-state index in [9.17, 15) is 0 Å². The fraction of sp³-hybridized carbons (Fsp3) is 0.588. The maximum absolute atomic E-state index is 4.60. The molecule has 0 spiro atoms. The van der Waals surface area contributed by atoms with Crippen molar-refractivity contribution in [2.75, 3.05) is 0 Å². The Kier molecular flexibility index (Phi) is 11.2. The van der Waals surface area contributed by atoms with Crippen LogP contribution in [0.15, 0.2) is 41.1 Å². The van der Waals surface area contributed by atoms with Gasteiger partial charge in [0.25, 0.3) is 0 Å². The molecular formula is C17H32N2. The van der Waals surface area contributed by atoms with E-state index in [1.165, 1.54) is 5.57 Å². The molecule has 0 aromatic rings. The van der Waals surface area contributed by atoms with Crippen molar-refractivity contribution in [2.45, 2.75) is 67.3 Å². The molecule has 0 amide bonds. The van der Waals surface area contributed by atoms with Crippen LogP contribution < -0.4 is 5.32 Å². The second-order valence-electron chi connectivity index (χ2n) is 4.22. The Morgan fingerprint density at radius 2 is 1.74 bits per heavy atom. The zero-order valence-corrected chi connectivity index (χ0v) is 14.1. The molecule has 0 saturated carbocycles. The normalized spacial score (nSPS) is 20.3. The van der Waals surface area contributed by atoms with E-state index >= 15 is 0 Å². The highest BCUT2D eigenvalue weighted by atomic mass is 15.1. The number of amidine groups is 1. The molecule has 1 N–H and O–H groups in total. The van der Waals surface area contributed by atoms with Gasteiger partial charge in [0.2, 0.25) is 0 Å². The fourth-order valence-electron chi connectivity index (χ4n) is 1.88. The quantitative estimate of drug-likeness (QED) is 0.724. The fourth-order valence-corrected chi connectivity index (χ4v) is 1.88. The number of nitrogens with one attached hydrogen (secondary N) is 1. The van der Waals surface area contributed by atoms with E-state index in [0.29, 0.717) is 0 Å². The molecule has 0 fully saturated rings. The van der Waals surface area contributed by atoms with Crippen molar-refractivity contribution >= 4 is 5.84 Å². The average molecular weight is 264 g/mol. The minimum atomic E-state index is -0.162. The first-order valence-electron chi connectivity index (χ1n) is 7.38. The number of allylic oxidation sites excluding steroid dienone is 3. The largest absolute Gasteiger partial charge is 0.344 e. The average Bonchev–Trinajstić information content (AvgIpc) is 2.38. The Morgan fingerprint density at radius 1 is 1.21 bits per heavy atom. The SMILES string of the molecule is C=C/C=C1\C(=C/CC)NC(C)=NC1(C)C.CC.CC. The van der Waals surface area contributed by atoms with Crippen LogP contribution >= 0.6 is 0 Å². The molecule has 1 rings (SSSR count). The van der Waals surface area contributed by atoms with Crippen LogP contribution in [0, 0.1) is 0 Å². The first kappa shape index (κ1) is 20.0. The van der Waals surface area contributed by atoms with E-state index in [4.69, 9.17) is 0 Å². The second kappa shape index (κ2) is 10.6. The van der Waals surface area contributed by atoms with Crippen molar-refractivity contribution in [1.29, 1.82) is 0 Å². The maximum Gasteiger partial charge on any atom is 0.0986 e. The number of rotatable bonds is 2. The third-order valence-corrected chi connectivity index (χ3v) is 2.40. The van der Waals surface area contributed by atoms with E-state index in [-0.39, 0.29) is 5.54 Å². The molecule has 0 saturated heterocycles. The lowest BCUT2D eigenvalue weighted by Gasteiger charge is -2.32. The lowest BCUT2D eigenvalue weighted by Crippen LogP contribution is -2.37. The number of nitrogens with zero attached hydrogens (tertiary/aromatic N) is 1. The van der Waals surface area contributed by atoms with E-state index in [1.807, 2.05) is 46.8 Å². The molecule has 2 nitrogen and oxygen atoms in total. The van der Waals surface area contributed by atoms with Gasteiger partial charge in [-0.1, -0.05) is 59.4 Å². The van der Waals surface area contributed by atoms with Gasteiger partial charge in [0.1, 0.15) is 0 Å². The Balaban J connectivity index is 0. The number of hydrogen-bond acceptors (Lipinski definition) is 2. The van der Waals surface area contributed by atoms with Gasteiger partial charge in [0.15, 0.2) is 0 Å². The summed E-state index contributed by atoms with van der Waals surface area (Å²) in [6.07, 6.45) is 7.05. The van der Waals surface area contributed by atoms with E-state index in [1.54, 1.807) is 0 Å². The van der Waals surface area contributed by atoms with Crippen molar-refractivity contribution in [3.05, 3.63) is 36.1 Å². The summed E-state index contributed by atoms with van der Waals surface area (Å²) >= 11 is 0. The predicted octanol–water partition coefficient (Wildman–Crippen LogP) is 5.25. The van der Waals surface area contributed by atoms with Crippen LogP contribution in [-0.2, 0) is 0 Å². The van der Waals surface area contributed by atoms with Gasteiger partial charge >= 0.3 is 0 Å². The number of aliphatic imine (C=N–C) groups is 1. The van der Waals surface area contributed by atoms with E-state index in [0.717, 1.165) is 18.0 Å². The monoisotopic (exact) mass is 264 g/mol. The van der Waals surface area contributed by atoms with Gasteiger partial charge in [-0.2, -0.15) is 0 Å². The Hall–Kier alpha value is -1.31. The molecule has 110 valence electrons. The third kappa shape index (κ3) is 6.42. The smallest absolute Gasteiger partial charge is 0.0986 e. The predicted molar refractivity (Wildman–Crippen MR) is 89.7 cm³/mol. The van der Waals surface area contributed by atoms with Gasteiger partial charge in [-0.05, 0) is 27.2 Å². The van der Waals surface area contributed by atoms with Crippen molar-refractivity contribution in [1.82, 2.24) is 5.32 Å². The molecular weight excluding hydrogens is 232 g/mol. The maximum atomic E-state index is 4.60. The lowest BCUT2D eigenvalue weighted by atomic mass is 9.89. The van der Waals surface area contributed by atoms with Gasteiger partial charge in [-0.15, -0.1) is 0 Å². The first-order valence-corrected chi connectivity index (χ1v) is 7.38. The van der Waals surface area contributed by atoms with Crippen molar-refractivity contribution in [3.63, 3.8) is 0 Å². The molecule has 2 heteroatoms. The molecule has 1 aliphatic rings. The Morgan fingerprint density at radius 3 is 2.16 bits per heavy atom. The Bertz CT molecular complexity index is 344. The third-order valence-electron chi connectivity index (χ3n) is 2.40. The Labute approximate surface area is 120 Å². The first-order chi connectivity index (χ1) is 9.01. The highest BCUT2D eigenvalue weighted by Gasteiger charge is 2.28. The molecule has 0 bridgehead atoms. The van der Waals surface area contributed by atoms with Gasteiger partial charge < -0.3 is 5.32 Å². The topological polar surface area (TPSA) is 24.4 Å². The number of hydrogen-bond donors (Lipinski definition) is 1. The zero-order valence-electron chi connectivity index (χ0n) is 14.1. The molecule has 0 radical (unpaired) electrons. The summed E-state index contributed by atoms with van der Waals surface area (Å²) in [6.45, 7) is 20.1. The molecule has 0 aromatic heterocycles. The van der Waals surface area contributed by atoms with Crippen LogP contribution in [0.1, 0.15) is 61.8 Å². The molecule has 0 unspecified atom stereocenters. The van der Waals surface area contributed by atoms with Gasteiger partial charge in [-0.3, -0.25) is 4.99 Å². The zero-order chi connectivity index (χ0) is 15.5. The highest BCUT2D eigenvalue weighted by molar-refractivity contribution is 5.85. The van der Waals surface area contributed by atoms with Gasteiger partial charge in [0, 0.05) is 11.3 Å². The standard InChI is InChI=1S/C13H20N2.2C2H6/c1-6-8-11-12(9-7-2)14-10(3)15-13(11,4)5;2*1-2/h6,8-9H,1,7H2,2-5H3,(H,14,15);2*1-2H3/b11-8+,12-9+;;. The summed E-state index contributed by atoms with van der Waals surface area (Å²) in [5.74, 6) is 0.973. The van der Waals surface area contributed by atoms with Gasteiger partial charge in [-0.25, -0.2) is 0 Å². The highest BCUT2D eigenvalue weighted by Crippen LogP contribution is 2.29. The van der Waals surface area contributed by atoms with Crippen molar-refractivity contribution in [2.24, 2.45) is 4.99 Å². The van der Waals surface area contributed by atoms with E-state index in [2.05, 4.69) is 43.7 Å². The molecule has 1 heterocycles. The van der Waals surface area contributed by atoms with Crippen LogP contribution in [0.5, 0.6) is 0 Å². The van der Waals surface area contributed by atoms with Crippen LogP contribution in [0.25, 0.3) is 0 Å². The lowest BCUT2D eigenvalue weighted by molar-refractivity contribution is 0.595. The summed E-state index contributed by atoms with van der Waals surface area (Å²) in [4.78, 5) is 4.60. The summed E-state index contributed by atoms with van der Waals surface area (Å²) < 4.78 is 0. The second-order valence-corrected chi connectivity index (χ2v) is 4.22. The molecule has 19 heavy (non-hydrogen) atoms. The molecule has 1 aliphatic heterocycles. The summed E-state index contributed by atoms with van der Waals surface area (Å²) in [7, 11) is 0. The summed E-state index contributed by atoms with van der Waals surface area (Å²) in [6, 6.07) is 0. The van der Waals surface area contributed by atoms with Crippen LogP contribution in [0.3, 0.4) is 0 Å². The van der Waals surface area contributed by atoms with Crippen LogP contribution in [-0.4, -0.2) is 11.4 Å². The van der Waals surface area contributed by atoms with Crippen molar-refractivity contribution in [3.8, 4) is 0 Å². The molecule has 0 atom stereocenters.